The Hall–Kier alpha value is -0.170. The summed E-state index contributed by atoms with van der Waals surface area (Å²) < 4.78 is 23.0. The average Bonchev–Trinajstić information content (AvgIpc) is 2.61. The first-order chi connectivity index (χ1) is 5.05. The minimum absolute atomic E-state index is 0.119. The molecule has 0 aromatic heterocycles. The van der Waals surface area contributed by atoms with Crippen molar-refractivity contribution in [3.8, 4) is 0 Å². The van der Waals surface area contributed by atoms with Gasteiger partial charge in [-0.1, -0.05) is 0 Å². The van der Waals surface area contributed by atoms with E-state index in [-0.39, 0.29) is 6.04 Å². The second kappa shape index (κ2) is 3.06. The molecule has 0 aromatic rings. The molecule has 0 heterocycles. The van der Waals surface area contributed by atoms with Crippen LogP contribution in [-0.2, 0) is 10.2 Å². The van der Waals surface area contributed by atoms with Gasteiger partial charge in [0.1, 0.15) is 0 Å². The van der Waals surface area contributed by atoms with Crippen LogP contribution in [0.1, 0.15) is 12.8 Å². The van der Waals surface area contributed by atoms with Crippen LogP contribution in [0, 0.1) is 0 Å². The monoisotopic (exact) mass is 179 g/mol. The summed E-state index contributed by atoms with van der Waals surface area (Å²) in [5.74, 6) is 0. The third-order valence-corrected chi connectivity index (χ3v) is 2.76. The van der Waals surface area contributed by atoms with Gasteiger partial charge in [-0.15, -0.1) is 0 Å². The van der Waals surface area contributed by atoms with E-state index in [9.17, 15) is 8.42 Å². The van der Waals surface area contributed by atoms with Gasteiger partial charge >= 0.3 is 0 Å². The van der Waals surface area contributed by atoms with Gasteiger partial charge < -0.3 is 5.73 Å². The molecule has 0 saturated heterocycles. The lowest BCUT2D eigenvalue weighted by molar-refractivity contribution is 0.412. The predicted molar refractivity (Wildman–Crippen MR) is 41.9 cm³/mol. The molecule has 5 nitrogen and oxygen atoms in total. The van der Waals surface area contributed by atoms with Crippen molar-refractivity contribution in [1.82, 2.24) is 4.31 Å². The highest BCUT2D eigenvalue weighted by molar-refractivity contribution is 7.86. The molecule has 0 aromatic carbocycles. The summed E-state index contributed by atoms with van der Waals surface area (Å²) in [5.41, 5.74) is 5.23. The van der Waals surface area contributed by atoms with Gasteiger partial charge in [0.15, 0.2) is 0 Å². The van der Waals surface area contributed by atoms with Crippen LogP contribution in [0.15, 0.2) is 0 Å². The zero-order valence-corrected chi connectivity index (χ0v) is 7.05. The molecule has 1 saturated carbocycles. The van der Waals surface area contributed by atoms with Crippen LogP contribution in [0.5, 0.6) is 0 Å². The highest BCUT2D eigenvalue weighted by Gasteiger charge is 2.34. The lowest BCUT2D eigenvalue weighted by Gasteiger charge is -2.16. The minimum atomic E-state index is -3.51. The molecule has 0 bridgehead atoms. The Labute approximate surface area is 66.5 Å². The first-order valence-corrected chi connectivity index (χ1v) is 5.05. The zero-order chi connectivity index (χ0) is 8.48. The van der Waals surface area contributed by atoms with Crippen molar-refractivity contribution in [2.75, 3.05) is 13.1 Å². The molecular weight excluding hydrogens is 166 g/mol. The van der Waals surface area contributed by atoms with Crippen molar-refractivity contribution in [2.45, 2.75) is 18.9 Å². The molecule has 0 spiro atoms. The van der Waals surface area contributed by atoms with Crippen LogP contribution in [0.25, 0.3) is 0 Å². The van der Waals surface area contributed by atoms with Crippen molar-refractivity contribution in [2.24, 2.45) is 10.9 Å². The highest BCUT2D eigenvalue weighted by Crippen LogP contribution is 2.27. The summed E-state index contributed by atoms with van der Waals surface area (Å²) in [6, 6.07) is 0.119. The SMILES string of the molecule is NCCN(C1CC1)S(N)(=O)=O. The normalized spacial score (nSPS) is 19.2. The Balaban J connectivity index is 2.59. The van der Waals surface area contributed by atoms with Gasteiger partial charge in [0.25, 0.3) is 10.2 Å². The summed E-state index contributed by atoms with van der Waals surface area (Å²) in [7, 11) is -3.51. The maximum absolute atomic E-state index is 10.9. The van der Waals surface area contributed by atoms with E-state index in [1.54, 1.807) is 0 Å². The van der Waals surface area contributed by atoms with Crippen molar-refractivity contribution < 1.29 is 8.42 Å². The van der Waals surface area contributed by atoms with E-state index in [4.69, 9.17) is 10.9 Å². The fourth-order valence-electron chi connectivity index (χ4n) is 1.01. The number of nitrogens with zero attached hydrogens (tertiary/aromatic N) is 1. The highest BCUT2D eigenvalue weighted by atomic mass is 32.2. The molecule has 0 radical (unpaired) electrons. The average molecular weight is 179 g/mol. The van der Waals surface area contributed by atoms with E-state index < -0.39 is 10.2 Å². The molecule has 1 aliphatic carbocycles. The molecule has 0 atom stereocenters. The quantitative estimate of drug-likeness (QED) is 0.557. The fourth-order valence-corrected chi connectivity index (χ4v) is 1.99. The topological polar surface area (TPSA) is 89.4 Å². The standard InChI is InChI=1S/C5H13N3O2S/c6-3-4-8(5-1-2-5)11(7,9)10/h5H,1-4,6H2,(H2,7,9,10). The third-order valence-electron chi connectivity index (χ3n) is 1.63. The van der Waals surface area contributed by atoms with Crippen LogP contribution in [0.3, 0.4) is 0 Å². The maximum atomic E-state index is 10.9. The Morgan fingerprint density at radius 1 is 1.45 bits per heavy atom. The first kappa shape index (κ1) is 8.92. The number of rotatable bonds is 4. The summed E-state index contributed by atoms with van der Waals surface area (Å²) in [5, 5.41) is 4.95. The molecule has 0 amide bonds. The summed E-state index contributed by atoms with van der Waals surface area (Å²) in [6.45, 7) is 0.663. The maximum Gasteiger partial charge on any atom is 0.277 e. The zero-order valence-electron chi connectivity index (χ0n) is 6.23. The van der Waals surface area contributed by atoms with Crippen LogP contribution >= 0.6 is 0 Å². The summed E-state index contributed by atoms with van der Waals surface area (Å²) in [6.07, 6.45) is 1.83. The molecule has 1 fully saturated rings. The van der Waals surface area contributed by atoms with Crippen LogP contribution in [0.2, 0.25) is 0 Å². The van der Waals surface area contributed by atoms with Crippen LogP contribution < -0.4 is 10.9 Å². The predicted octanol–water partition coefficient (Wildman–Crippen LogP) is -1.39. The molecule has 1 rings (SSSR count). The van der Waals surface area contributed by atoms with Crippen LogP contribution in [-0.4, -0.2) is 31.9 Å². The summed E-state index contributed by atoms with van der Waals surface area (Å²) in [4.78, 5) is 0. The number of nitrogens with two attached hydrogens (primary N) is 2. The lowest BCUT2D eigenvalue weighted by Crippen LogP contribution is -2.41. The molecule has 66 valence electrons. The second-order valence-corrected chi connectivity index (χ2v) is 4.17. The second-order valence-electron chi connectivity index (χ2n) is 2.68. The Kier molecular flexibility index (Phi) is 2.48. The molecule has 6 heteroatoms. The van der Waals surface area contributed by atoms with E-state index >= 15 is 0 Å². The van der Waals surface area contributed by atoms with Gasteiger partial charge in [-0.3, -0.25) is 0 Å². The van der Waals surface area contributed by atoms with E-state index in [1.165, 1.54) is 4.31 Å². The number of hydrogen-bond donors (Lipinski definition) is 2. The fraction of sp³-hybridized carbons (Fsp3) is 1.00. The van der Waals surface area contributed by atoms with Gasteiger partial charge in [0.05, 0.1) is 0 Å². The van der Waals surface area contributed by atoms with Crippen molar-refractivity contribution in [1.29, 1.82) is 0 Å². The molecule has 11 heavy (non-hydrogen) atoms. The van der Waals surface area contributed by atoms with Gasteiger partial charge in [-0.05, 0) is 12.8 Å². The van der Waals surface area contributed by atoms with Gasteiger partial charge in [0, 0.05) is 19.1 Å². The van der Waals surface area contributed by atoms with Gasteiger partial charge in [0.2, 0.25) is 0 Å². The molecular formula is C5H13N3O2S. The molecule has 0 unspecified atom stereocenters. The Morgan fingerprint density at radius 2 is 2.00 bits per heavy atom. The third kappa shape index (κ3) is 2.41. The summed E-state index contributed by atoms with van der Waals surface area (Å²) >= 11 is 0. The molecule has 4 N–H and O–H groups in total. The Morgan fingerprint density at radius 3 is 2.27 bits per heavy atom. The van der Waals surface area contributed by atoms with Crippen molar-refractivity contribution in [3.05, 3.63) is 0 Å². The molecule has 0 aliphatic heterocycles. The minimum Gasteiger partial charge on any atom is -0.329 e. The number of hydrogen-bond acceptors (Lipinski definition) is 3. The van der Waals surface area contributed by atoms with Gasteiger partial charge in [-0.2, -0.15) is 12.7 Å². The molecule has 1 aliphatic rings. The Bertz CT molecular complexity index is 222. The van der Waals surface area contributed by atoms with E-state index in [1.807, 2.05) is 0 Å². The lowest BCUT2D eigenvalue weighted by atomic mass is 10.6. The van der Waals surface area contributed by atoms with Crippen LogP contribution in [0.4, 0.5) is 0 Å². The van der Waals surface area contributed by atoms with Crippen molar-refractivity contribution in [3.63, 3.8) is 0 Å². The van der Waals surface area contributed by atoms with E-state index in [0.29, 0.717) is 13.1 Å². The van der Waals surface area contributed by atoms with Crippen molar-refractivity contribution >= 4 is 10.2 Å². The smallest absolute Gasteiger partial charge is 0.277 e. The largest absolute Gasteiger partial charge is 0.329 e. The van der Waals surface area contributed by atoms with E-state index in [2.05, 4.69) is 0 Å². The van der Waals surface area contributed by atoms with Gasteiger partial charge in [-0.25, -0.2) is 5.14 Å². The first-order valence-electron chi connectivity index (χ1n) is 3.55. The van der Waals surface area contributed by atoms with E-state index in [0.717, 1.165) is 12.8 Å².